The number of aliphatic hydroxyl groups is 6. The summed E-state index contributed by atoms with van der Waals surface area (Å²) < 4.78 is 4.56. The Kier molecular flexibility index (Phi) is 6.22. The van der Waals surface area contributed by atoms with Crippen molar-refractivity contribution in [2.75, 3.05) is 19.8 Å². The molecule has 1 rings (SSSR count). The van der Waals surface area contributed by atoms with Gasteiger partial charge in [0, 0.05) is 6.61 Å². The molecule has 0 aromatic carbocycles. The quantitative estimate of drug-likeness (QED) is 0.277. The van der Waals surface area contributed by atoms with Crippen LogP contribution in [0.2, 0.25) is 0 Å². The molecule has 1 fully saturated rings. The molecular weight excluding hydrogens is 208 g/mol. The maximum Gasteiger partial charge on any atom is 0.218 e. The summed E-state index contributed by atoms with van der Waals surface area (Å²) in [6, 6.07) is 0. The minimum Gasteiger partial charge on any atom is -0.397 e. The van der Waals surface area contributed by atoms with Crippen molar-refractivity contribution in [1.82, 2.24) is 0 Å². The Morgan fingerprint density at radius 2 is 1.73 bits per heavy atom. The highest BCUT2D eigenvalue weighted by Crippen LogP contribution is 2.22. The number of rotatable bonds is 1. The van der Waals surface area contributed by atoms with Gasteiger partial charge >= 0.3 is 0 Å². The van der Waals surface area contributed by atoms with Gasteiger partial charge in [0.1, 0.15) is 18.3 Å². The summed E-state index contributed by atoms with van der Waals surface area (Å²) in [4.78, 5) is 0. The molecule has 6 N–H and O–H groups in total. The van der Waals surface area contributed by atoms with E-state index in [4.69, 9.17) is 25.5 Å². The average Bonchev–Trinajstić information content (AvgIpc) is 2.22. The molecule has 7 nitrogen and oxygen atoms in total. The highest BCUT2D eigenvalue weighted by Gasteiger charge is 2.47. The number of hydrogen-bond acceptors (Lipinski definition) is 7. The first-order chi connectivity index (χ1) is 6.92. The lowest BCUT2D eigenvalue weighted by Crippen LogP contribution is -2.62. The van der Waals surface area contributed by atoms with E-state index in [-0.39, 0.29) is 13.2 Å². The van der Waals surface area contributed by atoms with Gasteiger partial charge in [-0.2, -0.15) is 0 Å². The van der Waals surface area contributed by atoms with Crippen LogP contribution in [0.4, 0.5) is 0 Å². The van der Waals surface area contributed by atoms with Crippen molar-refractivity contribution >= 4 is 0 Å². The molecule has 4 atom stereocenters. The fourth-order valence-electron chi connectivity index (χ4n) is 1.03. The highest BCUT2D eigenvalue weighted by atomic mass is 16.7. The molecule has 0 unspecified atom stereocenters. The molecule has 0 amide bonds. The molecule has 1 aliphatic heterocycles. The molecule has 92 valence electrons. The molecule has 1 saturated heterocycles. The van der Waals surface area contributed by atoms with E-state index in [1.54, 1.807) is 6.92 Å². The zero-order chi connectivity index (χ0) is 12.1. The van der Waals surface area contributed by atoms with E-state index < -0.39 is 30.7 Å². The molecule has 0 aromatic heterocycles. The minimum absolute atomic E-state index is 0.250. The second-order valence-corrected chi connectivity index (χ2v) is 3.13. The first kappa shape index (κ1) is 14.7. The highest BCUT2D eigenvalue weighted by molar-refractivity contribution is 4.90. The third-order valence-corrected chi connectivity index (χ3v) is 1.91. The van der Waals surface area contributed by atoms with Crippen molar-refractivity contribution in [3.05, 3.63) is 0 Å². The third kappa shape index (κ3) is 3.65. The van der Waals surface area contributed by atoms with Gasteiger partial charge < -0.3 is 35.4 Å². The standard InChI is InChI=1S/C6H12O6.C2H6O/c7-2-6(11)5(10)4(9)3(8)1-12-6;1-2-3/h3-5,7-11H,1-2H2;3H,2H2,1H3/t3-,4-,5+,6+;/m1./s1. The SMILES string of the molecule is CCO.OC[C@]1(O)OC[C@@H](O)[C@@H](O)[C@@H]1O. The van der Waals surface area contributed by atoms with E-state index in [0.29, 0.717) is 0 Å². The first-order valence-electron chi connectivity index (χ1n) is 4.55. The molecule has 1 heterocycles. The molecule has 1 aliphatic rings. The van der Waals surface area contributed by atoms with Crippen LogP contribution >= 0.6 is 0 Å². The van der Waals surface area contributed by atoms with Crippen LogP contribution in [0.3, 0.4) is 0 Å². The van der Waals surface area contributed by atoms with Gasteiger partial charge in [0.05, 0.1) is 13.2 Å². The van der Waals surface area contributed by atoms with Gasteiger partial charge in [-0.15, -0.1) is 0 Å². The average molecular weight is 226 g/mol. The molecule has 0 radical (unpaired) electrons. The zero-order valence-electron chi connectivity index (χ0n) is 8.44. The lowest BCUT2D eigenvalue weighted by atomic mass is 9.98. The Bertz CT molecular complexity index is 176. The van der Waals surface area contributed by atoms with Crippen LogP contribution in [-0.4, -0.2) is 74.6 Å². The predicted octanol–water partition coefficient (Wildman–Crippen LogP) is -3.22. The lowest BCUT2D eigenvalue weighted by molar-refractivity contribution is -0.331. The fourth-order valence-corrected chi connectivity index (χ4v) is 1.03. The van der Waals surface area contributed by atoms with E-state index in [1.165, 1.54) is 0 Å². The molecular formula is C8H18O7. The van der Waals surface area contributed by atoms with Gasteiger partial charge in [0.2, 0.25) is 5.79 Å². The second kappa shape index (κ2) is 6.33. The summed E-state index contributed by atoms with van der Waals surface area (Å²) in [5.41, 5.74) is 0. The predicted molar refractivity (Wildman–Crippen MR) is 48.8 cm³/mol. The van der Waals surface area contributed by atoms with E-state index in [1.807, 2.05) is 0 Å². The summed E-state index contributed by atoms with van der Waals surface area (Å²) in [5.74, 6) is -2.17. The van der Waals surface area contributed by atoms with Gasteiger partial charge in [0.25, 0.3) is 0 Å². The van der Waals surface area contributed by atoms with Crippen LogP contribution in [0.5, 0.6) is 0 Å². The van der Waals surface area contributed by atoms with Crippen LogP contribution < -0.4 is 0 Å². The lowest BCUT2D eigenvalue weighted by Gasteiger charge is -2.40. The molecule has 0 spiro atoms. The van der Waals surface area contributed by atoms with Crippen LogP contribution in [-0.2, 0) is 4.74 Å². The minimum atomic E-state index is -2.17. The topological polar surface area (TPSA) is 131 Å². The fraction of sp³-hybridized carbons (Fsp3) is 1.00. The zero-order valence-corrected chi connectivity index (χ0v) is 8.44. The Morgan fingerprint density at radius 1 is 1.27 bits per heavy atom. The summed E-state index contributed by atoms with van der Waals surface area (Å²) in [7, 11) is 0. The van der Waals surface area contributed by atoms with Crippen molar-refractivity contribution in [1.29, 1.82) is 0 Å². The maximum absolute atomic E-state index is 9.24. The van der Waals surface area contributed by atoms with Crippen molar-refractivity contribution in [2.24, 2.45) is 0 Å². The summed E-state index contributed by atoms with van der Waals surface area (Å²) >= 11 is 0. The number of hydrogen-bond donors (Lipinski definition) is 6. The maximum atomic E-state index is 9.24. The Morgan fingerprint density at radius 3 is 2.13 bits per heavy atom. The molecule has 7 heteroatoms. The first-order valence-corrected chi connectivity index (χ1v) is 4.55. The molecule has 0 aliphatic carbocycles. The van der Waals surface area contributed by atoms with Crippen LogP contribution in [0.1, 0.15) is 6.92 Å². The Balaban J connectivity index is 0.000000583. The largest absolute Gasteiger partial charge is 0.397 e. The van der Waals surface area contributed by atoms with Gasteiger partial charge in [-0.05, 0) is 6.92 Å². The van der Waals surface area contributed by atoms with Crippen LogP contribution in [0.15, 0.2) is 0 Å². The van der Waals surface area contributed by atoms with Crippen LogP contribution in [0.25, 0.3) is 0 Å². The number of ether oxygens (including phenoxy) is 1. The second-order valence-electron chi connectivity index (χ2n) is 3.13. The van der Waals surface area contributed by atoms with Crippen molar-refractivity contribution < 1.29 is 35.4 Å². The molecule has 0 bridgehead atoms. The summed E-state index contributed by atoms with van der Waals surface area (Å²) in [6.07, 6.45) is -4.45. The summed E-state index contributed by atoms with van der Waals surface area (Å²) in [5, 5.41) is 52.5. The van der Waals surface area contributed by atoms with Gasteiger partial charge in [-0.25, -0.2) is 0 Å². The van der Waals surface area contributed by atoms with Gasteiger partial charge in [-0.1, -0.05) is 0 Å². The number of aliphatic hydroxyl groups excluding tert-OH is 5. The van der Waals surface area contributed by atoms with Gasteiger partial charge in [-0.3, -0.25) is 0 Å². The van der Waals surface area contributed by atoms with E-state index in [2.05, 4.69) is 4.74 Å². The molecule has 15 heavy (non-hydrogen) atoms. The normalized spacial score (nSPS) is 40.6. The Labute approximate surface area is 87.2 Å². The Hall–Kier alpha value is -0.280. The van der Waals surface area contributed by atoms with E-state index in [9.17, 15) is 5.11 Å². The van der Waals surface area contributed by atoms with Crippen molar-refractivity contribution in [3.63, 3.8) is 0 Å². The molecule has 0 saturated carbocycles. The molecule has 0 aromatic rings. The van der Waals surface area contributed by atoms with E-state index in [0.717, 1.165) is 0 Å². The van der Waals surface area contributed by atoms with Crippen molar-refractivity contribution in [3.8, 4) is 0 Å². The smallest absolute Gasteiger partial charge is 0.218 e. The third-order valence-electron chi connectivity index (χ3n) is 1.91. The van der Waals surface area contributed by atoms with E-state index >= 15 is 0 Å². The summed E-state index contributed by atoms with van der Waals surface area (Å²) in [6.45, 7) is 0.771. The monoisotopic (exact) mass is 226 g/mol. The van der Waals surface area contributed by atoms with Crippen LogP contribution in [0, 0.1) is 0 Å². The van der Waals surface area contributed by atoms with Gasteiger partial charge in [0.15, 0.2) is 0 Å². The van der Waals surface area contributed by atoms with Crippen molar-refractivity contribution in [2.45, 2.75) is 31.0 Å².